The fourth-order valence-corrected chi connectivity index (χ4v) is 4.08. The fourth-order valence-electron chi connectivity index (χ4n) is 3.30. The number of carbonyl (C=O) groups excluding carboxylic acids is 3. The largest absolute Gasteiger partial charge is 0.496 e. The third kappa shape index (κ3) is 8.18. The molecule has 3 rings (SSSR count). The Hall–Kier alpha value is -4.14. The van der Waals surface area contributed by atoms with E-state index < -0.39 is 41.4 Å². The lowest BCUT2D eigenvalue weighted by atomic mass is 10.2. The lowest BCUT2D eigenvalue weighted by molar-refractivity contribution is -0.141. The Morgan fingerprint density at radius 3 is 2.45 bits per heavy atom. The molecule has 0 radical (unpaired) electrons. The van der Waals surface area contributed by atoms with Crippen LogP contribution in [0.3, 0.4) is 0 Å². The van der Waals surface area contributed by atoms with E-state index in [2.05, 4.69) is 26.0 Å². The molecule has 0 bridgehead atoms. The maximum absolute atomic E-state index is 13.5. The second kappa shape index (κ2) is 12.4. The molecular formula is C25H29F3N6O5S. The first-order valence-corrected chi connectivity index (χ1v) is 12.8. The van der Waals surface area contributed by atoms with Gasteiger partial charge in [-0.2, -0.15) is 23.0 Å². The molecule has 1 atom stereocenters. The van der Waals surface area contributed by atoms with Crippen molar-refractivity contribution < 1.29 is 37.0 Å². The second-order valence-electron chi connectivity index (χ2n) is 9.53. The summed E-state index contributed by atoms with van der Waals surface area (Å²) >= 11 is 0.937. The van der Waals surface area contributed by atoms with Crippen molar-refractivity contribution in [2.24, 2.45) is 0 Å². The van der Waals surface area contributed by atoms with Crippen molar-refractivity contribution in [3.63, 3.8) is 0 Å². The average Bonchev–Trinajstić information content (AvgIpc) is 3.52. The summed E-state index contributed by atoms with van der Waals surface area (Å²) in [6, 6.07) is 6.60. The van der Waals surface area contributed by atoms with Crippen LogP contribution in [0.25, 0.3) is 5.13 Å². The maximum atomic E-state index is 13.5. The van der Waals surface area contributed by atoms with E-state index in [9.17, 15) is 27.6 Å². The lowest BCUT2D eigenvalue weighted by Crippen LogP contribution is -2.46. The number of carbonyl (C=O) groups is 3. The molecule has 0 aliphatic heterocycles. The smallest absolute Gasteiger partial charge is 0.435 e. The van der Waals surface area contributed by atoms with Crippen LogP contribution in [0.5, 0.6) is 5.75 Å². The SMILES string of the molecule is COc1ccccc1CNC(=O)c1cc(C(F)(F)F)nn1-c1nc(CNC(=O)[C@H](C)NC(=O)OC(C)(C)C)cs1. The number of ether oxygens (including phenoxy) is 2. The zero-order valence-electron chi connectivity index (χ0n) is 22.4. The number of nitrogens with one attached hydrogen (secondary N) is 3. The number of alkyl halides is 3. The van der Waals surface area contributed by atoms with E-state index in [1.807, 2.05) is 0 Å². The van der Waals surface area contributed by atoms with E-state index in [1.54, 1.807) is 45.0 Å². The second-order valence-corrected chi connectivity index (χ2v) is 10.4. The number of aromatic nitrogens is 3. The molecule has 0 aliphatic rings. The van der Waals surface area contributed by atoms with Crippen LogP contribution in [0.2, 0.25) is 0 Å². The number of alkyl carbamates (subject to hydrolysis) is 1. The van der Waals surface area contributed by atoms with E-state index in [0.29, 0.717) is 23.1 Å². The lowest BCUT2D eigenvalue weighted by Gasteiger charge is -2.21. The zero-order valence-corrected chi connectivity index (χ0v) is 23.2. The highest BCUT2D eigenvalue weighted by atomic mass is 32.1. The van der Waals surface area contributed by atoms with Crippen LogP contribution < -0.4 is 20.7 Å². The molecule has 0 spiro atoms. The number of para-hydroxylation sites is 1. The van der Waals surface area contributed by atoms with E-state index in [1.165, 1.54) is 19.4 Å². The molecule has 0 fully saturated rings. The van der Waals surface area contributed by atoms with Crippen molar-refractivity contribution in [3.05, 3.63) is 58.4 Å². The minimum Gasteiger partial charge on any atom is -0.496 e. The number of amides is 3. The highest BCUT2D eigenvalue weighted by molar-refractivity contribution is 7.12. The van der Waals surface area contributed by atoms with Crippen molar-refractivity contribution in [2.75, 3.05) is 7.11 Å². The van der Waals surface area contributed by atoms with Crippen LogP contribution in [0, 0.1) is 0 Å². The Kier molecular flexibility index (Phi) is 9.40. The van der Waals surface area contributed by atoms with Crippen LogP contribution in [0.1, 0.15) is 55.1 Å². The van der Waals surface area contributed by atoms with Crippen LogP contribution in [-0.2, 0) is 28.8 Å². The van der Waals surface area contributed by atoms with Gasteiger partial charge < -0.3 is 25.4 Å². The molecule has 0 unspecified atom stereocenters. The molecule has 11 nitrogen and oxygen atoms in total. The Morgan fingerprint density at radius 1 is 1.10 bits per heavy atom. The van der Waals surface area contributed by atoms with Gasteiger partial charge in [-0.05, 0) is 33.8 Å². The summed E-state index contributed by atoms with van der Waals surface area (Å²) in [7, 11) is 1.46. The summed E-state index contributed by atoms with van der Waals surface area (Å²) < 4.78 is 51.5. The van der Waals surface area contributed by atoms with Gasteiger partial charge in [-0.25, -0.2) is 9.78 Å². The molecule has 3 aromatic rings. The fraction of sp³-hybridized carbons (Fsp3) is 0.400. The number of benzene rings is 1. The van der Waals surface area contributed by atoms with E-state index >= 15 is 0 Å². The van der Waals surface area contributed by atoms with Gasteiger partial charge in [-0.15, -0.1) is 11.3 Å². The first-order valence-electron chi connectivity index (χ1n) is 12.0. The van der Waals surface area contributed by atoms with Crippen LogP contribution in [-0.4, -0.2) is 51.4 Å². The highest BCUT2D eigenvalue weighted by Gasteiger charge is 2.36. The van der Waals surface area contributed by atoms with E-state index in [4.69, 9.17) is 9.47 Å². The Morgan fingerprint density at radius 2 is 1.80 bits per heavy atom. The number of hydrogen-bond donors (Lipinski definition) is 3. The standard InChI is InChI=1S/C25H29F3N6O5S/c1-14(31-23(37)39-24(2,3)4)20(35)30-12-16-13-40-22(32-16)34-17(10-19(33-34)25(26,27)28)21(36)29-11-15-8-6-7-9-18(15)38-5/h6-10,13-14H,11-12H2,1-5H3,(H,29,36)(H,30,35)(H,31,37)/t14-/m0/s1. The zero-order chi connectivity index (χ0) is 29.7. The maximum Gasteiger partial charge on any atom is 0.435 e. The van der Waals surface area contributed by atoms with Gasteiger partial charge in [-0.3, -0.25) is 9.59 Å². The summed E-state index contributed by atoms with van der Waals surface area (Å²) in [4.78, 5) is 41.4. The minimum atomic E-state index is -4.80. The van der Waals surface area contributed by atoms with Crippen molar-refractivity contribution >= 4 is 29.2 Å². The molecule has 3 N–H and O–H groups in total. The number of hydrogen-bond acceptors (Lipinski definition) is 8. The van der Waals surface area contributed by atoms with Crippen molar-refractivity contribution in [2.45, 2.75) is 58.6 Å². The summed E-state index contributed by atoms with van der Waals surface area (Å²) in [5.74, 6) is -0.828. The van der Waals surface area contributed by atoms with Gasteiger partial charge in [-0.1, -0.05) is 18.2 Å². The number of methoxy groups -OCH3 is 1. The van der Waals surface area contributed by atoms with Gasteiger partial charge in [0.25, 0.3) is 5.91 Å². The summed E-state index contributed by atoms with van der Waals surface area (Å²) in [5, 5.41) is 12.6. The topological polar surface area (TPSA) is 136 Å². The van der Waals surface area contributed by atoms with Crippen LogP contribution in [0.15, 0.2) is 35.7 Å². The third-order valence-electron chi connectivity index (χ3n) is 5.16. The number of halogens is 3. The number of rotatable bonds is 9. The van der Waals surface area contributed by atoms with Crippen molar-refractivity contribution in [1.29, 1.82) is 0 Å². The molecule has 2 heterocycles. The Bertz CT molecular complexity index is 1370. The van der Waals surface area contributed by atoms with Gasteiger partial charge in [0.2, 0.25) is 11.0 Å². The molecule has 2 aromatic heterocycles. The first-order chi connectivity index (χ1) is 18.7. The molecular weight excluding hydrogens is 553 g/mol. The molecule has 40 heavy (non-hydrogen) atoms. The predicted octanol–water partition coefficient (Wildman–Crippen LogP) is 3.82. The number of nitrogens with zero attached hydrogens (tertiary/aromatic N) is 3. The van der Waals surface area contributed by atoms with Crippen LogP contribution in [0.4, 0.5) is 18.0 Å². The summed E-state index contributed by atoms with van der Waals surface area (Å²) in [6.07, 6.45) is -5.56. The Labute approximate surface area is 232 Å². The molecule has 3 amide bonds. The van der Waals surface area contributed by atoms with Gasteiger partial charge in [0.1, 0.15) is 23.1 Å². The number of thiazole rings is 1. The Balaban J connectivity index is 1.72. The van der Waals surface area contributed by atoms with Gasteiger partial charge in [0, 0.05) is 23.6 Å². The first kappa shape index (κ1) is 30.4. The third-order valence-corrected chi connectivity index (χ3v) is 6.02. The predicted molar refractivity (Wildman–Crippen MR) is 139 cm³/mol. The molecule has 216 valence electrons. The summed E-state index contributed by atoms with van der Waals surface area (Å²) in [6.45, 7) is 6.43. The quantitative estimate of drug-likeness (QED) is 0.349. The van der Waals surface area contributed by atoms with E-state index in [-0.39, 0.29) is 23.9 Å². The monoisotopic (exact) mass is 582 g/mol. The van der Waals surface area contributed by atoms with Gasteiger partial charge >= 0.3 is 12.3 Å². The molecule has 0 saturated heterocycles. The molecule has 0 saturated carbocycles. The van der Waals surface area contributed by atoms with Gasteiger partial charge in [0.05, 0.1) is 19.3 Å². The minimum absolute atomic E-state index is 0.0000434. The van der Waals surface area contributed by atoms with Crippen molar-refractivity contribution in [1.82, 2.24) is 30.7 Å². The summed E-state index contributed by atoms with van der Waals surface area (Å²) in [5.41, 5.74) is -1.44. The molecule has 1 aromatic carbocycles. The average molecular weight is 583 g/mol. The van der Waals surface area contributed by atoms with Gasteiger partial charge in [0.15, 0.2) is 5.69 Å². The molecule has 0 aliphatic carbocycles. The highest BCUT2D eigenvalue weighted by Crippen LogP contribution is 2.30. The normalized spacial score (nSPS) is 12.4. The van der Waals surface area contributed by atoms with Crippen molar-refractivity contribution in [3.8, 4) is 10.9 Å². The van der Waals surface area contributed by atoms with E-state index in [0.717, 1.165) is 16.0 Å². The molecule has 15 heteroatoms. The van der Waals surface area contributed by atoms with Crippen LogP contribution >= 0.6 is 11.3 Å².